The summed E-state index contributed by atoms with van der Waals surface area (Å²) >= 11 is 0. The minimum absolute atomic E-state index is 0.0172. The Balaban J connectivity index is 1.25. The van der Waals surface area contributed by atoms with E-state index >= 15 is 0 Å². The van der Waals surface area contributed by atoms with Crippen LogP contribution in [0.5, 0.6) is 0 Å². The minimum Gasteiger partial charge on any atom is -0.379 e. The molecule has 4 rings (SSSR count). The lowest BCUT2D eigenvalue weighted by molar-refractivity contribution is -0.141. The van der Waals surface area contributed by atoms with Gasteiger partial charge in [0.25, 0.3) is 0 Å². The molecule has 1 N–H and O–H groups in total. The zero-order chi connectivity index (χ0) is 20.9. The summed E-state index contributed by atoms with van der Waals surface area (Å²) in [5.74, 6) is -0.102. The second kappa shape index (κ2) is 9.40. The van der Waals surface area contributed by atoms with Crippen LogP contribution in [0.3, 0.4) is 0 Å². The molecule has 30 heavy (non-hydrogen) atoms. The van der Waals surface area contributed by atoms with Crippen molar-refractivity contribution < 1.29 is 14.3 Å². The van der Waals surface area contributed by atoms with E-state index in [1.54, 1.807) is 11.1 Å². The molecule has 8 heteroatoms. The number of aryl methyl sites for hydroxylation is 2. The Morgan fingerprint density at radius 3 is 2.67 bits per heavy atom. The Morgan fingerprint density at radius 2 is 1.93 bits per heavy atom. The van der Waals surface area contributed by atoms with Crippen molar-refractivity contribution in [1.29, 1.82) is 0 Å². The highest BCUT2D eigenvalue weighted by molar-refractivity contribution is 5.95. The van der Waals surface area contributed by atoms with Crippen molar-refractivity contribution in [3.8, 4) is 0 Å². The minimum atomic E-state index is -0.156. The van der Waals surface area contributed by atoms with Gasteiger partial charge in [-0.2, -0.15) is 5.10 Å². The first-order chi connectivity index (χ1) is 14.6. The lowest BCUT2D eigenvalue weighted by Crippen LogP contribution is -2.54. The predicted molar refractivity (Wildman–Crippen MR) is 113 cm³/mol. The fraction of sp³-hybridized carbons (Fsp3) is 0.500. The van der Waals surface area contributed by atoms with E-state index in [1.807, 2.05) is 35.9 Å². The molecule has 2 saturated heterocycles. The molecule has 2 aliphatic heterocycles. The van der Waals surface area contributed by atoms with Crippen LogP contribution in [0.25, 0.3) is 0 Å². The van der Waals surface area contributed by atoms with Crippen LogP contribution < -0.4 is 5.32 Å². The molecule has 2 aliphatic rings. The van der Waals surface area contributed by atoms with Gasteiger partial charge < -0.3 is 15.0 Å². The molecule has 0 atom stereocenters. The maximum absolute atomic E-state index is 12.7. The fourth-order valence-corrected chi connectivity index (χ4v) is 3.86. The van der Waals surface area contributed by atoms with Gasteiger partial charge in [-0.1, -0.05) is 18.2 Å². The first-order valence-electron chi connectivity index (χ1n) is 10.6. The molecule has 160 valence electrons. The molecule has 0 bridgehead atoms. The number of nitrogens with one attached hydrogen (secondary N) is 1. The smallest absolute Gasteiger partial charge is 0.231 e. The van der Waals surface area contributed by atoms with Crippen LogP contribution in [0.15, 0.2) is 36.5 Å². The SMILES string of the molecule is Cc1ccnn1CCC(=O)N1CC(C(=O)Nc2ccccc2CN2CCOCC2)C1. The maximum atomic E-state index is 12.7. The number of carbonyl (C=O) groups is 2. The standard InChI is InChI=1S/C22H29N5O3/c1-17-6-8-23-27(17)9-7-21(28)26-15-19(16-26)22(29)24-20-5-3-2-4-18(20)14-25-10-12-30-13-11-25/h2-6,8,19H,7,9-16H2,1H3,(H,24,29). The number of morpholine rings is 1. The molecular weight excluding hydrogens is 382 g/mol. The summed E-state index contributed by atoms with van der Waals surface area (Å²) < 4.78 is 7.24. The number of nitrogens with zero attached hydrogens (tertiary/aromatic N) is 4. The molecule has 3 heterocycles. The van der Waals surface area contributed by atoms with Crippen LogP contribution in [-0.2, 0) is 27.4 Å². The molecule has 1 aromatic carbocycles. The van der Waals surface area contributed by atoms with E-state index in [0.717, 1.165) is 49.8 Å². The van der Waals surface area contributed by atoms with E-state index in [2.05, 4.69) is 21.4 Å². The largest absolute Gasteiger partial charge is 0.379 e. The molecular formula is C22H29N5O3. The van der Waals surface area contributed by atoms with Crippen LogP contribution in [0.2, 0.25) is 0 Å². The van der Waals surface area contributed by atoms with E-state index in [4.69, 9.17) is 4.74 Å². The highest BCUT2D eigenvalue weighted by Crippen LogP contribution is 2.22. The summed E-state index contributed by atoms with van der Waals surface area (Å²) in [4.78, 5) is 29.2. The second-order valence-corrected chi connectivity index (χ2v) is 7.98. The van der Waals surface area contributed by atoms with E-state index < -0.39 is 0 Å². The molecule has 2 fully saturated rings. The van der Waals surface area contributed by atoms with E-state index in [1.165, 1.54) is 0 Å². The normalized spacial score (nSPS) is 17.6. The van der Waals surface area contributed by atoms with Gasteiger partial charge in [0.05, 0.1) is 19.1 Å². The second-order valence-electron chi connectivity index (χ2n) is 7.98. The third kappa shape index (κ3) is 4.88. The summed E-state index contributed by atoms with van der Waals surface area (Å²) in [6.07, 6.45) is 2.14. The van der Waals surface area contributed by atoms with Gasteiger partial charge >= 0.3 is 0 Å². The number of ether oxygens (including phenoxy) is 1. The highest BCUT2D eigenvalue weighted by Gasteiger charge is 2.35. The van der Waals surface area contributed by atoms with Gasteiger partial charge in [0, 0.05) is 63.3 Å². The number of hydrogen-bond donors (Lipinski definition) is 1. The summed E-state index contributed by atoms with van der Waals surface area (Å²) in [5, 5.41) is 7.28. The number of hydrogen-bond acceptors (Lipinski definition) is 5. The molecule has 0 saturated carbocycles. The van der Waals surface area contributed by atoms with Crippen LogP contribution in [0.4, 0.5) is 5.69 Å². The van der Waals surface area contributed by atoms with Crippen molar-refractivity contribution in [2.24, 2.45) is 5.92 Å². The van der Waals surface area contributed by atoms with E-state index in [9.17, 15) is 9.59 Å². The number of likely N-dealkylation sites (tertiary alicyclic amines) is 1. The van der Waals surface area contributed by atoms with Crippen molar-refractivity contribution in [2.45, 2.75) is 26.4 Å². The molecule has 1 aromatic heterocycles. The van der Waals surface area contributed by atoms with Crippen molar-refractivity contribution in [3.05, 3.63) is 47.8 Å². The van der Waals surface area contributed by atoms with Gasteiger partial charge in [0.2, 0.25) is 11.8 Å². The number of para-hydroxylation sites is 1. The Hall–Kier alpha value is -2.71. The monoisotopic (exact) mass is 411 g/mol. The lowest BCUT2D eigenvalue weighted by Gasteiger charge is -2.38. The van der Waals surface area contributed by atoms with Crippen molar-refractivity contribution in [1.82, 2.24) is 19.6 Å². The molecule has 0 aliphatic carbocycles. The Bertz CT molecular complexity index is 884. The van der Waals surface area contributed by atoms with Crippen molar-refractivity contribution >= 4 is 17.5 Å². The number of rotatable bonds is 7. The first kappa shape index (κ1) is 20.6. The summed E-state index contributed by atoms with van der Waals surface area (Å²) in [7, 11) is 0. The van der Waals surface area contributed by atoms with Gasteiger partial charge in [0.15, 0.2) is 0 Å². The zero-order valence-corrected chi connectivity index (χ0v) is 17.4. The number of benzene rings is 1. The highest BCUT2D eigenvalue weighted by atomic mass is 16.5. The van der Waals surface area contributed by atoms with Gasteiger partial charge in [-0.25, -0.2) is 0 Å². The predicted octanol–water partition coefficient (Wildman–Crippen LogP) is 1.51. The summed E-state index contributed by atoms with van der Waals surface area (Å²) in [6.45, 7) is 7.60. The first-order valence-corrected chi connectivity index (χ1v) is 10.6. The molecule has 0 unspecified atom stereocenters. The molecule has 2 amide bonds. The Morgan fingerprint density at radius 1 is 1.17 bits per heavy atom. The fourth-order valence-electron chi connectivity index (χ4n) is 3.86. The average molecular weight is 412 g/mol. The van der Waals surface area contributed by atoms with Gasteiger partial charge in [-0.05, 0) is 24.6 Å². The van der Waals surface area contributed by atoms with Gasteiger partial charge in [-0.15, -0.1) is 0 Å². The van der Waals surface area contributed by atoms with E-state index in [0.29, 0.717) is 26.1 Å². The molecule has 0 spiro atoms. The van der Waals surface area contributed by atoms with E-state index in [-0.39, 0.29) is 17.7 Å². The molecule has 8 nitrogen and oxygen atoms in total. The van der Waals surface area contributed by atoms with Crippen LogP contribution in [0, 0.1) is 12.8 Å². The van der Waals surface area contributed by atoms with Crippen LogP contribution in [0.1, 0.15) is 17.7 Å². The molecule has 2 aromatic rings. The van der Waals surface area contributed by atoms with Crippen LogP contribution >= 0.6 is 0 Å². The topological polar surface area (TPSA) is 79.7 Å². The average Bonchev–Trinajstić information content (AvgIpc) is 3.12. The Labute approximate surface area is 176 Å². The molecule has 0 radical (unpaired) electrons. The third-order valence-corrected chi connectivity index (χ3v) is 5.84. The Kier molecular flexibility index (Phi) is 6.44. The van der Waals surface area contributed by atoms with Crippen molar-refractivity contribution in [3.63, 3.8) is 0 Å². The summed E-state index contributed by atoms with van der Waals surface area (Å²) in [5.41, 5.74) is 3.00. The van der Waals surface area contributed by atoms with Crippen LogP contribution in [-0.4, -0.2) is 70.8 Å². The van der Waals surface area contributed by atoms with Crippen molar-refractivity contribution in [2.75, 3.05) is 44.7 Å². The maximum Gasteiger partial charge on any atom is 0.231 e. The number of amides is 2. The number of carbonyl (C=O) groups excluding carboxylic acids is 2. The summed E-state index contributed by atoms with van der Waals surface area (Å²) in [6, 6.07) is 9.86. The lowest BCUT2D eigenvalue weighted by atomic mass is 9.98. The third-order valence-electron chi connectivity index (χ3n) is 5.84. The number of aromatic nitrogens is 2. The van der Waals surface area contributed by atoms with Gasteiger partial charge in [0.1, 0.15) is 0 Å². The zero-order valence-electron chi connectivity index (χ0n) is 17.4. The quantitative estimate of drug-likeness (QED) is 0.747. The van der Waals surface area contributed by atoms with Gasteiger partial charge in [-0.3, -0.25) is 19.2 Å². The number of anilines is 1.